The number of methoxy groups -OCH3 is 1. The first kappa shape index (κ1) is 13.2. The van der Waals surface area contributed by atoms with Gasteiger partial charge in [-0.1, -0.05) is 12.1 Å². The minimum atomic E-state index is 0.0451. The van der Waals surface area contributed by atoms with Crippen LogP contribution in [0.2, 0.25) is 0 Å². The molecule has 0 atom stereocenters. The molecule has 1 heterocycles. The van der Waals surface area contributed by atoms with Crippen LogP contribution in [0, 0.1) is 13.8 Å². The lowest BCUT2D eigenvalue weighted by Crippen LogP contribution is -2.08. The van der Waals surface area contributed by atoms with Gasteiger partial charge in [0.2, 0.25) is 0 Å². The maximum Gasteiger partial charge on any atom is 0.169 e. The number of aromatic nitrogens is 2. The summed E-state index contributed by atoms with van der Waals surface area (Å²) in [5, 5.41) is 7.91. The smallest absolute Gasteiger partial charge is 0.169 e. The summed E-state index contributed by atoms with van der Waals surface area (Å²) in [4.78, 5) is 12.3. The molecule has 0 unspecified atom stereocenters. The van der Waals surface area contributed by atoms with Crippen LogP contribution >= 0.6 is 0 Å². The van der Waals surface area contributed by atoms with Gasteiger partial charge in [0.15, 0.2) is 5.78 Å². The summed E-state index contributed by atoms with van der Waals surface area (Å²) < 4.78 is 5.15. The van der Waals surface area contributed by atoms with E-state index in [4.69, 9.17) is 4.74 Å². The van der Waals surface area contributed by atoms with Crippen LogP contribution in [-0.2, 0) is 6.42 Å². The summed E-state index contributed by atoms with van der Waals surface area (Å²) in [5.41, 5.74) is 2.98. The lowest BCUT2D eigenvalue weighted by Gasteiger charge is -2.06. The van der Waals surface area contributed by atoms with Crippen molar-refractivity contribution in [3.8, 4) is 5.75 Å². The van der Waals surface area contributed by atoms with Crippen molar-refractivity contribution < 1.29 is 9.53 Å². The molecule has 0 N–H and O–H groups in total. The van der Waals surface area contributed by atoms with Gasteiger partial charge in [0.1, 0.15) is 5.75 Å². The van der Waals surface area contributed by atoms with Gasteiger partial charge in [-0.05, 0) is 37.6 Å². The van der Waals surface area contributed by atoms with Crippen molar-refractivity contribution in [1.82, 2.24) is 10.2 Å². The molecule has 1 aromatic heterocycles. The molecule has 2 aromatic rings. The number of ether oxygens (including phenoxy) is 1. The molecule has 0 amide bonds. The number of rotatable bonds is 4. The number of Topliss-reactive ketones (excluding diaryl/α,β-unsaturated/α-hetero) is 1. The van der Waals surface area contributed by atoms with Crippen LogP contribution in [0.15, 0.2) is 30.3 Å². The van der Waals surface area contributed by atoms with Crippen molar-refractivity contribution in [1.29, 1.82) is 0 Å². The molecule has 0 saturated heterocycles. The number of ketones is 1. The average Bonchev–Trinajstić information content (AvgIpc) is 2.41. The van der Waals surface area contributed by atoms with Crippen LogP contribution in [0.1, 0.15) is 27.3 Å². The highest BCUT2D eigenvalue weighted by Crippen LogP contribution is 2.15. The SMILES string of the molecule is COc1cccc(CC(=O)c2cc(C)nnc2C)c1. The Bertz CT molecular complexity index is 609. The lowest BCUT2D eigenvalue weighted by molar-refractivity contribution is 0.0991. The molecule has 4 heteroatoms. The van der Waals surface area contributed by atoms with Crippen molar-refractivity contribution in [2.75, 3.05) is 7.11 Å². The molecule has 0 radical (unpaired) electrons. The quantitative estimate of drug-likeness (QED) is 0.789. The van der Waals surface area contributed by atoms with E-state index < -0.39 is 0 Å². The fourth-order valence-electron chi connectivity index (χ4n) is 1.90. The third-order valence-corrected chi connectivity index (χ3v) is 2.90. The molecule has 0 aliphatic carbocycles. The van der Waals surface area contributed by atoms with Gasteiger partial charge < -0.3 is 4.74 Å². The summed E-state index contributed by atoms with van der Waals surface area (Å²) in [6.07, 6.45) is 0.336. The second-order valence-corrected chi connectivity index (χ2v) is 4.44. The fourth-order valence-corrected chi connectivity index (χ4v) is 1.90. The van der Waals surface area contributed by atoms with Crippen LogP contribution in [-0.4, -0.2) is 23.1 Å². The van der Waals surface area contributed by atoms with E-state index in [-0.39, 0.29) is 5.78 Å². The van der Waals surface area contributed by atoms with Gasteiger partial charge in [-0.2, -0.15) is 10.2 Å². The van der Waals surface area contributed by atoms with Crippen LogP contribution in [0.3, 0.4) is 0 Å². The maximum absolute atomic E-state index is 12.3. The predicted molar refractivity (Wildman–Crippen MR) is 72.5 cm³/mol. The second kappa shape index (κ2) is 5.61. The van der Waals surface area contributed by atoms with Gasteiger partial charge >= 0.3 is 0 Å². The molecule has 0 bridgehead atoms. The summed E-state index contributed by atoms with van der Waals surface area (Å²) in [7, 11) is 1.61. The molecule has 2 rings (SSSR count). The zero-order valence-electron chi connectivity index (χ0n) is 11.3. The maximum atomic E-state index is 12.3. The molecular formula is C15H16N2O2. The number of benzene rings is 1. The van der Waals surface area contributed by atoms with Gasteiger partial charge in [0.25, 0.3) is 0 Å². The molecule has 98 valence electrons. The number of hydrogen-bond acceptors (Lipinski definition) is 4. The highest BCUT2D eigenvalue weighted by Gasteiger charge is 2.12. The largest absolute Gasteiger partial charge is 0.497 e. The third kappa shape index (κ3) is 3.16. The first-order valence-corrected chi connectivity index (χ1v) is 6.07. The van der Waals surface area contributed by atoms with Crippen LogP contribution in [0.4, 0.5) is 0 Å². The molecule has 19 heavy (non-hydrogen) atoms. The zero-order valence-corrected chi connectivity index (χ0v) is 11.3. The third-order valence-electron chi connectivity index (χ3n) is 2.90. The van der Waals surface area contributed by atoms with Crippen molar-refractivity contribution in [2.24, 2.45) is 0 Å². The van der Waals surface area contributed by atoms with Gasteiger partial charge in [-0.3, -0.25) is 4.79 Å². The number of aryl methyl sites for hydroxylation is 2. The summed E-state index contributed by atoms with van der Waals surface area (Å²) in [5.74, 6) is 0.801. The van der Waals surface area contributed by atoms with Crippen LogP contribution < -0.4 is 4.74 Å². The average molecular weight is 256 g/mol. The Kier molecular flexibility index (Phi) is 3.90. The molecule has 0 fully saturated rings. The van der Waals surface area contributed by atoms with E-state index in [1.807, 2.05) is 31.2 Å². The van der Waals surface area contributed by atoms with Crippen molar-refractivity contribution in [3.05, 3.63) is 52.8 Å². The molecule has 0 aliphatic heterocycles. The second-order valence-electron chi connectivity index (χ2n) is 4.44. The van der Waals surface area contributed by atoms with Gasteiger partial charge in [0.05, 0.1) is 18.5 Å². The van der Waals surface area contributed by atoms with E-state index in [1.54, 1.807) is 20.1 Å². The van der Waals surface area contributed by atoms with Crippen molar-refractivity contribution >= 4 is 5.78 Å². The number of nitrogens with zero attached hydrogens (tertiary/aromatic N) is 2. The minimum Gasteiger partial charge on any atom is -0.497 e. The van der Waals surface area contributed by atoms with E-state index in [0.29, 0.717) is 17.7 Å². The number of hydrogen-bond donors (Lipinski definition) is 0. The highest BCUT2D eigenvalue weighted by atomic mass is 16.5. The first-order chi connectivity index (χ1) is 9.10. The summed E-state index contributed by atoms with van der Waals surface area (Å²) in [6, 6.07) is 9.30. The van der Waals surface area contributed by atoms with Crippen molar-refractivity contribution in [2.45, 2.75) is 20.3 Å². The standard InChI is InChI=1S/C15H16N2O2/c1-10-7-14(11(2)17-16-10)15(18)9-12-5-4-6-13(8-12)19-3/h4-8H,9H2,1-3H3. The van der Waals surface area contributed by atoms with E-state index in [2.05, 4.69) is 10.2 Å². The molecule has 0 saturated carbocycles. The number of carbonyl (C=O) groups is 1. The molecule has 0 spiro atoms. The molecular weight excluding hydrogens is 240 g/mol. The zero-order chi connectivity index (χ0) is 13.8. The Morgan fingerprint density at radius 2 is 2.00 bits per heavy atom. The lowest BCUT2D eigenvalue weighted by atomic mass is 10.0. The van der Waals surface area contributed by atoms with Gasteiger partial charge in [0, 0.05) is 12.0 Å². The normalized spacial score (nSPS) is 10.3. The van der Waals surface area contributed by atoms with E-state index in [1.165, 1.54) is 0 Å². The number of carbonyl (C=O) groups excluding carboxylic acids is 1. The molecule has 1 aromatic carbocycles. The highest BCUT2D eigenvalue weighted by molar-refractivity contribution is 5.98. The molecule has 4 nitrogen and oxygen atoms in total. The summed E-state index contributed by atoms with van der Waals surface area (Å²) >= 11 is 0. The topological polar surface area (TPSA) is 52.1 Å². The van der Waals surface area contributed by atoms with Crippen molar-refractivity contribution in [3.63, 3.8) is 0 Å². The van der Waals surface area contributed by atoms with E-state index >= 15 is 0 Å². The van der Waals surface area contributed by atoms with Gasteiger partial charge in [-0.25, -0.2) is 0 Å². The van der Waals surface area contributed by atoms with Crippen LogP contribution in [0.25, 0.3) is 0 Å². The summed E-state index contributed by atoms with van der Waals surface area (Å²) in [6.45, 7) is 3.63. The fraction of sp³-hybridized carbons (Fsp3) is 0.267. The Balaban J connectivity index is 2.23. The Hall–Kier alpha value is -2.23. The minimum absolute atomic E-state index is 0.0451. The van der Waals surface area contributed by atoms with Crippen LogP contribution in [0.5, 0.6) is 5.75 Å². The first-order valence-electron chi connectivity index (χ1n) is 6.07. The molecule has 0 aliphatic rings. The van der Waals surface area contributed by atoms with E-state index in [0.717, 1.165) is 17.0 Å². The van der Waals surface area contributed by atoms with Gasteiger partial charge in [-0.15, -0.1) is 0 Å². The Morgan fingerprint density at radius 3 is 2.74 bits per heavy atom. The predicted octanol–water partition coefficient (Wildman–Crippen LogP) is 2.53. The Morgan fingerprint density at radius 1 is 1.21 bits per heavy atom. The monoisotopic (exact) mass is 256 g/mol. The Labute approximate surface area is 112 Å². The van der Waals surface area contributed by atoms with E-state index in [9.17, 15) is 4.79 Å².